The van der Waals surface area contributed by atoms with Crippen molar-refractivity contribution in [2.75, 3.05) is 13.7 Å². The normalized spacial score (nSPS) is 14.4. The molecular weight excluding hydrogens is 420 g/mol. The van der Waals surface area contributed by atoms with Crippen LogP contribution in [0.5, 0.6) is 23.0 Å². The fourth-order valence-corrected chi connectivity index (χ4v) is 3.98. The summed E-state index contributed by atoms with van der Waals surface area (Å²) in [5.41, 5.74) is 2.94. The smallest absolute Gasteiger partial charge is 0.310 e. The minimum absolute atomic E-state index is 0.0166. The molecule has 1 aliphatic heterocycles. The number of aryl methyl sites for hydroxylation is 1. The van der Waals surface area contributed by atoms with E-state index in [0.717, 1.165) is 17.5 Å². The maximum Gasteiger partial charge on any atom is 0.310 e. The van der Waals surface area contributed by atoms with Crippen LogP contribution >= 0.6 is 0 Å². The highest BCUT2D eigenvalue weighted by Gasteiger charge is 2.27. The summed E-state index contributed by atoms with van der Waals surface area (Å²) in [7, 11) is 1.54. The molecule has 0 aromatic heterocycles. The third kappa shape index (κ3) is 6.20. The van der Waals surface area contributed by atoms with Gasteiger partial charge in [0, 0.05) is 16.7 Å². The summed E-state index contributed by atoms with van der Waals surface area (Å²) in [6.07, 6.45) is 0.770. The molecule has 180 valence electrons. The lowest BCUT2D eigenvalue weighted by atomic mass is 9.95. The average Bonchev–Trinajstić information content (AvgIpc) is 2.80. The maximum atomic E-state index is 12.7. The second-order valence-corrected chi connectivity index (χ2v) is 9.53. The molecule has 0 aliphatic carbocycles. The van der Waals surface area contributed by atoms with Gasteiger partial charge in [-0.05, 0) is 61.4 Å². The summed E-state index contributed by atoms with van der Waals surface area (Å²) in [5.74, 6) is 2.54. The van der Waals surface area contributed by atoms with Crippen LogP contribution in [0, 0.1) is 18.8 Å². The van der Waals surface area contributed by atoms with E-state index in [2.05, 4.69) is 13.8 Å². The fourth-order valence-electron chi connectivity index (χ4n) is 3.98. The predicted octanol–water partition coefficient (Wildman–Crippen LogP) is 5.90. The summed E-state index contributed by atoms with van der Waals surface area (Å²) in [5, 5.41) is 10.8. The zero-order chi connectivity index (χ0) is 24.1. The van der Waals surface area contributed by atoms with Crippen molar-refractivity contribution in [2.45, 2.75) is 66.6 Å². The zero-order valence-corrected chi connectivity index (χ0v) is 20.6. The molecule has 1 aliphatic rings. The monoisotopic (exact) mass is 456 g/mol. The largest absolute Gasteiger partial charge is 0.496 e. The van der Waals surface area contributed by atoms with E-state index in [1.54, 1.807) is 12.1 Å². The second kappa shape index (κ2) is 10.9. The SMILES string of the molecule is COc1c([C@@H](O)CC(C)C)ccc2c1CC(=O)OCc1cc(C)cc(OCCC(C)C)c1O2. The van der Waals surface area contributed by atoms with Crippen molar-refractivity contribution < 1.29 is 28.8 Å². The number of rotatable bonds is 8. The molecule has 0 saturated carbocycles. The van der Waals surface area contributed by atoms with Gasteiger partial charge in [0.25, 0.3) is 0 Å². The Bertz CT molecular complexity index is 979. The molecule has 0 fully saturated rings. The van der Waals surface area contributed by atoms with Gasteiger partial charge in [0.1, 0.15) is 18.1 Å². The topological polar surface area (TPSA) is 74.2 Å². The minimum atomic E-state index is -0.709. The Morgan fingerprint density at radius 2 is 1.88 bits per heavy atom. The molecule has 1 atom stereocenters. The highest BCUT2D eigenvalue weighted by Crippen LogP contribution is 2.44. The number of aliphatic hydroxyl groups is 1. The van der Waals surface area contributed by atoms with E-state index in [-0.39, 0.29) is 19.0 Å². The Morgan fingerprint density at radius 1 is 1.12 bits per heavy atom. The number of methoxy groups -OCH3 is 1. The van der Waals surface area contributed by atoms with Crippen molar-refractivity contribution in [3.05, 3.63) is 46.5 Å². The number of cyclic esters (lactones) is 1. The molecule has 33 heavy (non-hydrogen) atoms. The zero-order valence-electron chi connectivity index (χ0n) is 20.6. The molecular formula is C27H36O6. The maximum absolute atomic E-state index is 12.7. The fraction of sp³-hybridized carbons (Fsp3) is 0.519. The first kappa shape index (κ1) is 24.9. The Morgan fingerprint density at radius 3 is 2.55 bits per heavy atom. The third-order valence-corrected chi connectivity index (χ3v) is 5.66. The molecule has 0 unspecified atom stereocenters. The van der Waals surface area contributed by atoms with Gasteiger partial charge < -0.3 is 24.1 Å². The van der Waals surface area contributed by atoms with Crippen LogP contribution in [-0.4, -0.2) is 24.8 Å². The first-order valence-corrected chi connectivity index (χ1v) is 11.7. The molecule has 0 radical (unpaired) electrons. The molecule has 6 heteroatoms. The van der Waals surface area contributed by atoms with Crippen LogP contribution in [0.15, 0.2) is 24.3 Å². The summed E-state index contributed by atoms with van der Waals surface area (Å²) < 4.78 is 23.7. The van der Waals surface area contributed by atoms with Gasteiger partial charge in [-0.25, -0.2) is 0 Å². The lowest BCUT2D eigenvalue weighted by Gasteiger charge is -2.22. The van der Waals surface area contributed by atoms with E-state index in [1.807, 2.05) is 32.9 Å². The number of ether oxygens (including phenoxy) is 4. The van der Waals surface area contributed by atoms with Gasteiger partial charge in [-0.3, -0.25) is 4.79 Å². The molecule has 0 saturated heterocycles. The van der Waals surface area contributed by atoms with Crippen LogP contribution in [-0.2, 0) is 22.6 Å². The van der Waals surface area contributed by atoms with E-state index in [1.165, 1.54) is 7.11 Å². The van der Waals surface area contributed by atoms with E-state index in [9.17, 15) is 9.90 Å². The van der Waals surface area contributed by atoms with Crippen molar-refractivity contribution >= 4 is 5.97 Å². The van der Waals surface area contributed by atoms with E-state index in [4.69, 9.17) is 18.9 Å². The summed E-state index contributed by atoms with van der Waals surface area (Å²) in [6, 6.07) is 7.48. The highest BCUT2D eigenvalue weighted by molar-refractivity contribution is 5.76. The van der Waals surface area contributed by atoms with Crippen LogP contribution in [0.4, 0.5) is 0 Å². The van der Waals surface area contributed by atoms with Gasteiger partial charge >= 0.3 is 5.97 Å². The van der Waals surface area contributed by atoms with Gasteiger partial charge in [-0.1, -0.05) is 27.7 Å². The molecule has 0 bridgehead atoms. The van der Waals surface area contributed by atoms with Crippen molar-refractivity contribution in [2.24, 2.45) is 11.8 Å². The molecule has 3 rings (SSSR count). The predicted molar refractivity (Wildman–Crippen MR) is 127 cm³/mol. The second-order valence-electron chi connectivity index (χ2n) is 9.53. The Balaban J connectivity index is 2.08. The molecule has 2 aromatic rings. The highest BCUT2D eigenvalue weighted by atomic mass is 16.5. The lowest BCUT2D eigenvalue weighted by molar-refractivity contribution is -0.144. The van der Waals surface area contributed by atoms with Crippen LogP contribution < -0.4 is 14.2 Å². The minimum Gasteiger partial charge on any atom is -0.496 e. The standard InChI is InChI=1S/C27H36O6/c1-16(2)9-10-31-24-13-18(5)12-19-15-32-25(29)14-21-23(33-26(19)24)8-7-20(27(21)30-6)22(28)11-17(3)4/h7-8,12-13,16-17,22,28H,9-11,14-15H2,1-6H3/t22-/m0/s1. The molecule has 1 heterocycles. The van der Waals surface area contributed by atoms with Crippen LogP contribution in [0.3, 0.4) is 0 Å². The van der Waals surface area contributed by atoms with Gasteiger partial charge in [0.15, 0.2) is 11.5 Å². The van der Waals surface area contributed by atoms with E-state index < -0.39 is 6.10 Å². The first-order valence-electron chi connectivity index (χ1n) is 11.7. The molecule has 1 N–H and O–H groups in total. The van der Waals surface area contributed by atoms with Crippen LogP contribution in [0.25, 0.3) is 0 Å². The first-order chi connectivity index (χ1) is 15.7. The van der Waals surface area contributed by atoms with Gasteiger partial charge in [-0.2, -0.15) is 0 Å². The number of fused-ring (bicyclic) bond motifs is 2. The van der Waals surface area contributed by atoms with Crippen molar-refractivity contribution in [1.82, 2.24) is 0 Å². The quantitative estimate of drug-likeness (QED) is 0.499. The summed E-state index contributed by atoms with van der Waals surface area (Å²) >= 11 is 0. The number of carbonyl (C=O) groups is 1. The lowest BCUT2D eigenvalue weighted by Crippen LogP contribution is -2.11. The summed E-state index contributed by atoms with van der Waals surface area (Å²) in [6.45, 7) is 11.0. The number of hydrogen-bond donors (Lipinski definition) is 1. The Labute approximate surface area is 196 Å². The van der Waals surface area contributed by atoms with Crippen molar-refractivity contribution in [3.63, 3.8) is 0 Å². The summed E-state index contributed by atoms with van der Waals surface area (Å²) in [4.78, 5) is 12.7. The van der Waals surface area contributed by atoms with Crippen LogP contribution in [0.1, 0.15) is 68.9 Å². The third-order valence-electron chi connectivity index (χ3n) is 5.66. The average molecular weight is 457 g/mol. The van der Waals surface area contributed by atoms with E-state index >= 15 is 0 Å². The van der Waals surface area contributed by atoms with Gasteiger partial charge in [0.05, 0.1) is 26.2 Å². The number of hydrogen-bond acceptors (Lipinski definition) is 6. The number of esters is 1. The van der Waals surface area contributed by atoms with Crippen molar-refractivity contribution in [3.8, 4) is 23.0 Å². The molecule has 0 amide bonds. The van der Waals surface area contributed by atoms with Gasteiger partial charge in [0.2, 0.25) is 0 Å². The molecule has 6 nitrogen and oxygen atoms in total. The molecule has 0 spiro atoms. The molecule has 2 aromatic carbocycles. The van der Waals surface area contributed by atoms with Crippen LogP contribution in [0.2, 0.25) is 0 Å². The number of carbonyl (C=O) groups excluding carboxylic acids is 1. The Kier molecular flexibility index (Phi) is 8.25. The van der Waals surface area contributed by atoms with Gasteiger partial charge in [-0.15, -0.1) is 0 Å². The van der Waals surface area contributed by atoms with Crippen molar-refractivity contribution in [1.29, 1.82) is 0 Å². The number of aliphatic hydroxyl groups excluding tert-OH is 1. The number of benzene rings is 2. The van der Waals surface area contributed by atoms with E-state index in [0.29, 0.717) is 59.0 Å². The Hall–Kier alpha value is -2.73.